The van der Waals surface area contributed by atoms with Crippen molar-refractivity contribution in [1.82, 2.24) is 14.3 Å². The molecule has 1 fully saturated rings. The summed E-state index contributed by atoms with van der Waals surface area (Å²) < 4.78 is 31.9. The number of hydrogen-bond acceptors (Lipinski definition) is 9. The molecule has 11 nitrogen and oxygen atoms in total. The molecule has 0 spiro atoms. The summed E-state index contributed by atoms with van der Waals surface area (Å²) >= 11 is 0. The molecule has 0 radical (unpaired) electrons. The Morgan fingerprint density at radius 2 is 2.12 bits per heavy atom. The number of nitrogens with one attached hydrogen (secondary N) is 1. The first-order chi connectivity index (χ1) is 15.5. The van der Waals surface area contributed by atoms with Gasteiger partial charge in [-0.25, -0.2) is 13.4 Å². The van der Waals surface area contributed by atoms with Crippen molar-refractivity contribution in [2.45, 2.75) is 24.3 Å². The summed E-state index contributed by atoms with van der Waals surface area (Å²) in [6.45, 7) is 2.54. The number of nitrogens with zero attached hydrogens (tertiary/aromatic N) is 4. The van der Waals surface area contributed by atoms with E-state index in [1.165, 1.54) is 47.2 Å². The number of likely N-dealkylation sites (N-methyl/N-ethyl adjacent to an activating group) is 1. The predicted octanol–water partition coefficient (Wildman–Crippen LogP) is 0.628. The largest absolute Gasteiger partial charge is 0.395 e. The van der Waals surface area contributed by atoms with E-state index in [0.29, 0.717) is 25.2 Å². The smallest absolute Gasteiger partial charge is 0.279 e. The summed E-state index contributed by atoms with van der Waals surface area (Å²) in [5.41, 5.74) is 0.309. The van der Waals surface area contributed by atoms with E-state index in [4.69, 9.17) is 14.7 Å². The van der Waals surface area contributed by atoms with Crippen LogP contribution in [-0.2, 0) is 24.4 Å². The van der Waals surface area contributed by atoms with E-state index in [0.717, 1.165) is 0 Å². The molecule has 2 heterocycles. The number of aliphatic hydroxyl groups is 1. The highest BCUT2D eigenvalue weighted by molar-refractivity contribution is 7.89. The molecule has 0 unspecified atom stereocenters. The molecule has 2 aromatic rings. The van der Waals surface area contributed by atoms with Crippen LogP contribution in [0, 0.1) is 0 Å². The number of carbonyl (C=O) groups is 1. The van der Waals surface area contributed by atoms with E-state index >= 15 is 0 Å². The first kappa shape index (κ1) is 23.7. The molecule has 1 atom stereocenters. The molecular weight excluding hydrogens is 438 g/mol. The predicted molar refractivity (Wildman–Crippen MR) is 115 cm³/mol. The van der Waals surface area contributed by atoms with Crippen molar-refractivity contribution in [3.05, 3.63) is 48.4 Å². The Morgan fingerprint density at radius 3 is 2.72 bits per heavy atom. The average molecular weight is 464 g/mol. The van der Waals surface area contributed by atoms with Crippen LogP contribution in [0.4, 0.5) is 5.82 Å². The fraction of sp³-hybridized carbons (Fsp3) is 0.400. The highest BCUT2D eigenvalue weighted by Gasteiger charge is 2.24. The second kappa shape index (κ2) is 11.1. The molecule has 1 aromatic heterocycles. The number of ether oxygens (including phenoxy) is 1. The highest BCUT2D eigenvalue weighted by Crippen LogP contribution is 2.18. The number of hydrogen-bond donors (Lipinski definition) is 2. The van der Waals surface area contributed by atoms with E-state index in [2.05, 4.69) is 20.4 Å². The van der Waals surface area contributed by atoms with E-state index in [9.17, 15) is 13.2 Å². The van der Waals surface area contributed by atoms with Crippen molar-refractivity contribution in [3.8, 4) is 0 Å². The molecule has 12 heteroatoms. The zero-order valence-electron chi connectivity index (χ0n) is 17.5. The molecule has 0 bridgehead atoms. The Labute approximate surface area is 186 Å². The minimum atomic E-state index is -3.78. The SMILES string of the molecule is CCN(CCO)S(=O)(=O)c1ccc(/C(=N\O[C@@H]2CCOC2)C(=O)Nc2cnccn2)cc1. The number of benzene rings is 1. The number of aromatic nitrogens is 2. The van der Waals surface area contributed by atoms with Gasteiger partial charge < -0.3 is 20.0 Å². The summed E-state index contributed by atoms with van der Waals surface area (Å²) in [4.78, 5) is 26.3. The molecule has 3 rings (SSSR count). The van der Waals surface area contributed by atoms with Crippen LogP contribution in [0.15, 0.2) is 52.9 Å². The lowest BCUT2D eigenvalue weighted by molar-refractivity contribution is -0.110. The summed E-state index contributed by atoms with van der Waals surface area (Å²) in [7, 11) is -3.78. The molecule has 1 aromatic carbocycles. The van der Waals surface area contributed by atoms with Crippen molar-refractivity contribution in [2.75, 3.05) is 38.2 Å². The van der Waals surface area contributed by atoms with Gasteiger partial charge in [-0.3, -0.25) is 9.78 Å². The van der Waals surface area contributed by atoms with Crippen LogP contribution in [0.5, 0.6) is 0 Å². The number of aliphatic hydroxyl groups excluding tert-OH is 1. The lowest BCUT2D eigenvalue weighted by Crippen LogP contribution is -2.33. The van der Waals surface area contributed by atoms with E-state index in [1.54, 1.807) is 6.92 Å². The lowest BCUT2D eigenvalue weighted by atomic mass is 10.1. The molecular formula is C20H25N5O6S. The summed E-state index contributed by atoms with van der Waals surface area (Å²) in [6, 6.07) is 5.72. The molecule has 0 saturated carbocycles. The molecule has 1 saturated heterocycles. The van der Waals surface area contributed by atoms with Crippen molar-refractivity contribution in [3.63, 3.8) is 0 Å². The standard InChI is InChI=1S/C20H25N5O6S/c1-2-25(10-11-26)32(28,29)17-5-3-15(4-6-17)19(24-31-16-7-12-30-14-16)20(27)23-18-13-21-8-9-22-18/h3-6,8-9,13,16,26H,2,7,10-12,14H2,1H3,(H,22,23,27)/b24-19+/t16-/m1/s1. The second-order valence-electron chi connectivity index (χ2n) is 6.82. The number of rotatable bonds is 10. The number of anilines is 1. The van der Waals surface area contributed by atoms with Crippen LogP contribution < -0.4 is 5.32 Å². The monoisotopic (exact) mass is 463 g/mol. The maximum Gasteiger partial charge on any atom is 0.279 e. The Hall–Kier alpha value is -2.93. The van der Waals surface area contributed by atoms with Crippen molar-refractivity contribution < 1.29 is 27.9 Å². The highest BCUT2D eigenvalue weighted by atomic mass is 32.2. The van der Waals surface area contributed by atoms with Gasteiger partial charge >= 0.3 is 0 Å². The molecule has 1 aliphatic heterocycles. The van der Waals surface area contributed by atoms with Crippen LogP contribution in [0.2, 0.25) is 0 Å². The Balaban J connectivity index is 1.86. The fourth-order valence-electron chi connectivity index (χ4n) is 2.98. The third-order valence-electron chi connectivity index (χ3n) is 4.67. The molecule has 32 heavy (non-hydrogen) atoms. The lowest BCUT2D eigenvalue weighted by Gasteiger charge is -2.19. The molecule has 0 aliphatic carbocycles. The maximum atomic E-state index is 12.9. The molecule has 172 valence electrons. The van der Waals surface area contributed by atoms with Crippen molar-refractivity contribution in [1.29, 1.82) is 0 Å². The van der Waals surface area contributed by atoms with Gasteiger partial charge in [-0.15, -0.1) is 0 Å². The Morgan fingerprint density at radius 1 is 1.34 bits per heavy atom. The van der Waals surface area contributed by atoms with Crippen LogP contribution in [0.3, 0.4) is 0 Å². The third-order valence-corrected chi connectivity index (χ3v) is 6.66. The average Bonchev–Trinajstić information content (AvgIpc) is 3.32. The zero-order chi connectivity index (χ0) is 23.0. The van der Waals surface area contributed by atoms with Gasteiger partial charge in [-0.1, -0.05) is 24.2 Å². The normalized spacial score (nSPS) is 16.8. The molecule has 2 N–H and O–H groups in total. The van der Waals surface area contributed by atoms with E-state index in [1.807, 2.05) is 0 Å². The van der Waals surface area contributed by atoms with Gasteiger partial charge in [0.2, 0.25) is 10.0 Å². The summed E-state index contributed by atoms with van der Waals surface area (Å²) in [5.74, 6) is -0.355. The first-order valence-electron chi connectivity index (χ1n) is 10.1. The van der Waals surface area contributed by atoms with Gasteiger partial charge in [0.05, 0.1) is 30.9 Å². The fourth-order valence-corrected chi connectivity index (χ4v) is 4.42. The number of sulfonamides is 1. The van der Waals surface area contributed by atoms with Crippen LogP contribution in [-0.4, -0.2) is 78.4 Å². The van der Waals surface area contributed by atoms with Gasteiger partial charge in [0.15, 0.2) is 17.6 Å². The quantitative estimate of drug-likeness (QED) is 0.386. The topological polar surface area (TPSA) is 143 Å². The van der Waals surface area contributed by atoms with Gasteiger partial charge in [-0.05, 0) is 12.1 Å². The zero-order valence-corrected chi connectivity index (χ0v) is 18.4. The number of amides is 1. The molecule has 1 aliphatic rings. The second-order valence-corrected chi connectivity index (χ2v) is 8.76. The number of carbonyl (C=O) groups excluding carboxylic acids is 1. The first-order valence-corrected chi connectivity index (χ1v) is 11.5. The van der Waals surface area contributed by atoms with Gasteiger partial charge in [0.1, 0.15) is 0 Å². The summed E-state index contributed by atoms with van der Waals surface area (Å²) in [6.07, 6.45) is 4.67. The van der Waals surface area contributed by atoms with Gasteiger partial charge in [-0.2, -0.15) is 4.31 Å². The minimum Gasteiger partial charge on any atom is -0.395 e. The summed E-state index contributed by atoms with van der Waals surface area (Å²) in [5, 5.41) is 15.8. The molecule has 1 amide bonds. The van der Waals surface area contributed by atoms with Gasteiger partial charge in [0.25, 0.3) is 5.91 Å². The van der Waals surface area contributed by atoms with Gasteiger partial charge in [0, 0.05) is 37.5 Å². The van der Waals surface area contributed by atoms with Crippen LogP contribution in [0.25, 0.3) is 0 Å². The Bertz CT molecular complexity index is 1020. The van der Waals surface area contributed by atoms with Crippen molar-refractivity contribution >= 4 is 27.5 Å². The van der Waals surface area contributed by atoms with Crippen LogP contribution in [0.1, 0.15) is 18.9 Å². The number of oxime groups is 1. The third kappa shape index (κ3) is 5.85. The van der Waals surface area contributed by atoms with E-state index < -0.39 is 15.9 Å². The minimum absolute atomic E-state index is 0.00882. The van der Waals surface area contributed by atoms with Crippen LogP contribution >= 0.6 is 0 Å². The van der Waals surface area contributed by atoms with Crippen molar-refractivity contribution in [2.24, 2.45) is 5.16 Å². The Kier molecular flexibility index (Phi) is 8.22. The maximum absolute atomic E-state index is 12.9. The van der Waals surface area contributed by atoms with E-state index in [-0.39, 0.29) is 42.2 Å².